The van der Waals surface area contributed by atoms with E-state index in [1.807, 2.05) is 18.2 Å². The zero-order chi connectivity index (χ0) is 22.5. The molecular formula is C23H21N5O4. The van der Waals surface area contributed by atoms with Gasteiger partial charge in [-0.15, -0.1) is 0 Å². The number of aromatic nitrogens is 2. The summed E-state index contributed by atoms with van der Waals surface area (Å²) < 4.78 is 6.68. The van der Waals surface area contributed by atoms with Gasteiger partial charge in [0.25, 0.3) is 11.2 Å². The van der Waals surface area contributed by atoms with Crippen molar-refractivity contribution >= 4 is 22.8 Å². The first-order chi connectivity index (χ1) is 15.6. The Labute approximate surface area is 183 Å². The fourth-order valence-corrected chi connectivity index (χ4v) is 3.99. The highest BCUT2D eigenvalue weighted by Crippen LogP contribution is 2.32. The predicted octanol–water partition coefficient (Wildman–Crippen LogP) is 4.14. The molecule has 9 nitrogen and oxygen atoms in total. The van der Waals surface area contributed by atoms with Gasteiger partial charge in [0, 0.05) is 23.6 Å². The highest BCUT2D eigenvalue weighted by Gasteiger charge is 2.22. The number of non-ortho nitro benzene ring substituents is 1. The monoisotopic (exact) mass is 431 g/mol. The molecule has 0 saturated heterocycles. The van der Waals surface area contributed by atoms with E-state index in [4.69, 9.17) is 15.0 Å². The third-order valence-corrected chi connectivity index (χ3v) is 5.56. The van der Waals surface area contributed by atoms with Crippen molar-refractivity contribution in [3.63, 3.8) is 0 Å². The number of fused-ring (bicyclic) bond motifs is 1. The number of hydrogen-bond donors (Lipinski definition) is 0. The summed E-state index contributed by atoms with van der Waals surface area (Å²) in [6.07, 6.45) is 6.48. The Hall–Kier alpha value is -4.06. The lowest BCUT2D eigenvalue weighted by Crippen LogP contribution is -2.25. The molecule has 0 unspecified atom stereocenters. The van der Waals surface area contributed by atoms with Crippen molar-refractivity contribution in [2.24, 2.45) is 5.10 Å². The van der Waals surface area contributed by atoms with E-state index >= 15 is 0 Å². The van der Waals surface area contributed by atoms with E-state index in [0.717, 1.165) is 32.1 Å². The topological polar surface area (TPSA) is 123 Å². The van der Waals surface area contributed by atoms with Gasteiger partial charge >= 0.3 is 0 Å². The van der Waals surface area contributed by atoms with Crippen LogP contribution in [0, 0.1) is 21.4 Å². The van der Waals surface area contributed by atoms with Gasteiger partial charge in [-0.1, -0.05) is 31.4 Å². The molecule has 0 spiro atoms. The smallest absolute Gasteiger partial charge is 0.282 e. The van der Waals surface area contributed by atoms with Crippen molar-refractivity contribution in [1.82, 2.24) is 9.66 Å². The Morgan fingerprint density at radius 2 is 2.03 bits per heavy atom. The molecule has 32 heavy (non-hydrogen) atoms. The van der Waals surface area contributed by atoms with E-state index in [9.17, 15) is 14.9 Å². The molecule has 162 valence electrons. The highest BCUT2D eigenvalue weighted by atomic mass is 16.6. The molecule has 1 fully saturated rings. The van der Waals surface area contributed by atoms with Gasteiger partial charge in [0.15, 0.2) is 6.61 Å². The largest absolute Gasteiger partial charge is 0.478 e. The van der Waals surface area contributed by atoms with Gasteiger partial charge in [0.05, 0.1) is 22.0 Å². The number of hydrogen-bond acceptors (Lipinski definition) is 7. The number of nitriles is 1. The van der Waals surface area contributed by atoms with Crippen molar-refractivity contribution in [2.75, 3.05) is 6.61 Å². The second-order valence-electron chi connectivity index (χ2n) is 7.61. The van der Waals surface area contributed by atoms with Gasteiger partial charge in [0.1, 0.15) is 17.6 Å². The van der Waals surface area contributed by atoms with Crippen LogP contribution in [0.1, 0.15) is 49.4 Å². The number of nitro benzene ring substituents is 1. The molecule has 1 aliphatic carbocycles. The summed E-state index contributed by atoms with van der Waals surface area (Å²) in [5, 5.41) is 24.9. The van der Waals surface area contributed by atoms with Crippen molar-refractivity contribution < 1.29 is 9.66 Å². The molecule has 2 aromatic carbocycles. The third-order valence-electron chi connectivity index (χ3n) is 5.56. The minimum Gasteiger partial charge on any atom is -0.478 e. The fraction of sp³-hybridized carbons (Fsp3) is 0.304. The van der Waals surface area contributed by atoms with Crippen LogP contribution in [0.2, 0.25) is 0 Å². The Balaban J connectivity index is 1.84. The normalized spacial score (nSPS) is 14.5. The van der Waals surface area contributed by atoms with Gasteiger partial charge in [0.2, 0.25) is 0 Å². The quantitative estimate of drug-likeness (QED) is 0.328. The lowest BCUT2D eigenvalue weighted by Gasteiger charge is -2.22. The second kappa shape index (κ2) is 9.39. The van der Waals surface area contributed by atoms with E-state index in [-0.39, 0.29) is 29.5 Å². The van der Waals surface area contributed by atoms with E-state index < -0.39 is 4.92 Å². The molecule has 3 aromatic rings. The molecule has 0 atom stereocenters. The molecular weight excluding hydrogens is 410 g/mol. The van der Waals surface area contributed by atoms with E-state index in [1.165, 1.54) is 29.1 Å². The lowest BCUT2D eigenvalue weighted by atomic mass is 9.88. The molecule has 1 saturated carbocycles. The van der Waals surface area contributed by atoms with Gasteiger partial charge < -0.3 is 4.74 Å². The minimum atomic E-state index is -0.525. The van der Waals surface area contributed by atoms with Crippen LogP contribution in [-0.4, -0.2) is 27.4 Å². The van der Waals surface area contributed by atoms with Crippen LogP contribution in [0.5, 0.6) is 5.75 Å². The Bertz CT molecular complexity index is 1290. The van der Waals surface area contributed by atoms with Crippen LogP contribution in [0.4, 0.5) is 5.69 Å². The van der Waals surface area contributed by atoms with E-state index in [0.29, 0.717) is 22.3 Å². The highest BCUT2D eigenvalue weighted by molar-refractivity contribution is 5.85. The number of nitro groups is 1. The first-order valence-corrected chi connectivity index (χ1v) is 10.4. The average molecular weight is 431 g/mol. The van der Waals surface area contributed by atoms with Crippen molar-refractivity contribution in [2.45, 2.75) is 38.0 Å². The zero-order valence-corrected chi connectivity index (χ0v) is 17.3. The van der Waals surface area contributed by atoms with Crippen LogP contribution < -0.4 is 10.3 Å². The van der Waals surface area contributed by atoms with Crippen LogP contribution in [0.15, 0.2) is 52.4 Å². The van der Waals surface area contributed by atoms with Crippen LogP contribution in [-0.2, 0) is 0 Å². The number of ether oxygens (including phenoxy) is 1. The minimum absolute atomic E-state index is 0.109. The maximum atomic E-state index is 13.3. The van der Waals surface area contributed by atoms with Gasteiger partial charge in [-0.2, -0.15) is 15.0 Å². The molecule has 4 rings (SSSR count). The maximum Gasteiger partial charge on any atom is 0.282 e. The lowest BCUT2D eigenvalue weighted by molar-refractivity contribution is -0.384. The van der Waals surface area contributed by atoms with Crippen LogP contribution >= 0.6 is 0 Å². The summed E-state index contributed by atoms with van der Waals surface area (Å²) in [6.45, 7) is -0.219. The summed E-state index contributed by atoms with van der Waals surface area (Å²) in [5.74, 6) is 0.967. The van der Waals surface area contributed by atoms with E-state index in [2.05, 4.69) is 5.10 Å². The molecule has 1 aliphatic rings. The third kappa shape index (κ3) is 4.34. The molecule has 0 bridgehead atoms. The van der Waals surface area contributed by atoms with Crippen molar-refractivity contribution in [3.05, 3.63) is 74.3 Å². The number of benzene rings is 2. The summed E-state index contributed by atoms with van der Waals surface area (Å²) in [7, 11) is 0. The number of rotatable bonds is 6. The summed E-state index contributed by atoms with van der Waals surface area (Å²) in [5.41, 5.74) is 0.478. The fourth-order valence-electron chi connectivity index (χ4n) is 3.99. The summed E-state index contributed by atoms with van der Waals surface area (Å²) >= 11 is 0. The molecule has 0 amide bonds. The Kier molecular flexibility index (Phi) is 6.22. The molecule has 0 aliphatic heterocycles. The summed E-state index contributed by atoms with van der Waals surface area (Å²) in [6, 6.07) is 13.0. The van der Waals surface area contributed by atoms with Crippen LogP contribution in [0.25, 0.3) is 10.9 Å². The van der Waals surface area contributed by atoms with Crippen LogP contribution in [0.3, 0.4) is 0 Å². The first-order valence-electron chi connectivity index (χ1n) is 10.4. The second-order valence-corrected chi connectivity index (χ2v) is 7.61. The number of para-hydroxylation sites is 1. The zero-order valence-electron chi connectivity index (χ0n) is 17.3. The Morgan fingerprint density at radius 3 is 2.78 bits per heavy atom. The van der Waals surface area contributed by atoms with Crippen molar-refractivity contribution in [1.29, 1.82) is 5.26 Å². The van der Waals surface area contributed by atoms with E-state index in [1.54, 1.807) is 12.1 Å². The Morgan fingerprint density at radius 1 is 1.25 bits per heavy atom. The molecule has 1 heterocycles. The average Bonchev–Trinajstić information content (AvgIpc) is 2.82. The molecule has 9 heteroatoms. The van der Waals surface area contributed by atoms with Crippen molar-refractivity contribution in [3.8, 4) is 11.8 Å². The van der Waals surface area contributed by atoms with Gasteiger partial charge in [-0.3, -0.25) is 14.9 Å². The number of nitrogens with zero attached hydrogens (tertiary/aromatic N) is 5. The first kappa shape index (κ1) is 21.2. The predicted molar refractivity (Wildman–Crippen MR) is 119 cm³/mol. The summed E-state index contributed by atoms with van der Waals surface area (Å²) in [4.78, 5) is 28.7. The molecule has 0 radical (unpaired) electrons. The molecule has 0 N–H and O–H groups in total. The molecule has 1 aromatic heterocycles. The van der Waals surface area contributed by atoms with Gasteiger partial charge in [-0.25, -0.2) is 4.98 Å². The standard InChI is InChI=1S/C23H21N5O4/c24-12-13-32-21-11-10-18(28(30)31)14-17(21)15-25-27-22(16-6-2-1-3-7-16)26-20-9-5-4-8-19(20)23(27)29/h4-5,8-11,14-16H,1-3,6-7,13H2. The SMILES string of the molecule is N#CCOc1ccc([N+](=O)[O-])cc1C=Nn1c(C2CCCCC2)nc2ccccc2c1=O. The maximum absolute atomic E-state index is 13.3. The van der Waals surface area contributed by atoms with Gasteiger partial charge in [-0.05, 0) is 31.0 Å².